The van der Waals surface area contributed by atoms with Gasteiger partial charge in [-0.1, -0.05) is 51.1 Å². The molecule has 2 rings (SSSR count). The number of hydrogen-bond donors (Lipinski definition) is 3. The fraction of sp³-hybridized carbons (Fsp3) is 0.316. The van der Waals surface area contributed by atoms with E-state index in [1.54, 1.807) is 12.1 Å². The molecule has 24 heavy (non-hydrogen) atoms. The van der Waals surface area contributed by atoms with E-state index in [-0.39, 0.29) is 11.1 Å². The van der Waals surface area contributed by atoms with Gasteiger partial charge in [-0.3, -0.25) is 0 Å². The fourth-order valence-electron chi connectivity index (χ4n) is 2.25. The number of nitrogen functional groups attached to an aromatic ring is 1. The van der Waals surface area contributed by atoms with Crippen LogP contribution in [0.2, 0.25) is 0 Å². The molecule has 0 amide bonds. The Morgan fingerprint density at radius 1 is 1.00 bits per heavy atom. The first-order valence-corrected chi connectivity index (χ1v) is 8.31. The van der Waals surface area contributed by atoms with E-state index in [1.807, 2.05) is 0 Å². The second-order valence-electron chi connectivity index (χ2n) is 6.84. The first-order chi connectivity index (χ1) is 11.3. The molecule has 0 saturated heterocycles. The van der Waals surface area contributed by atoms with Crippen molar-refractivity contribution >= 4 is 23.0 Å². The molecule has 2 aromatic carbocycles. The second kappa shape index (κ2) is 7.62. The van der Waals surface area contributed by atoms with Crippen molar-refractivity contribution in [3.8, 4) is 0 Å². The van der Waals surface area contributed by atoms with Gasteiger partial charge < -0.3 is 16.4 Å². The van der Waals surface area contributed by atoms with Crippen LogP contribution in [0.4, 0.5) is 10.1 Å². The maximum atomic E-state index is 13.1. The summed E-state index contributed by atoms with van der Waals surface area (Å²) >= 11 is 5.27. The monoisotopic (exact) mass is 345 g/mol. The van der Waals surface area contributed by atoms with E-state index in [9.17, 15) is 4.39 Å². The zero-order valence-corrected chi connectivity index (χ0v) is 15.1. The van der Waals surface area contributed by atoms with Crippen LogP contribution >= 0.6 is 12.2 Å². The van der Waals surface area contributed by atoms with Crippen LogP contribution in [0.5, 0.6) is 0 Å². The zero-order chi connectivity index (χ0) is 17.7. The highest BCUT2D eigenvalue weighted by atomic mass is 32.1. The molecule has 0 heterocycles. The largest absolute Gasteiger partial charge is 0.396 e. The molecule has 0 spiro atoms. The van der Waals surface area contributed by atoms with Crippen LogP contribution in [-0.4, -0.2) is 5.11 Å². The lowest BCUT2D eigenvalue weighted by Gasteiger charge is -2.19. The summed E-state index contributed by atoms with van der Waals surface area (Å²) in [5.74, 6) is -0.404. The molecular weight excluding hydrogens is 321 g/mol. The molecule has 3 nitrogen and oxygen atoms in total. The molecule has 0 radical (unpaired) electrons. The molecule has 2 aromatic rings. The minimum atomic E-state index is -0.404. The SMILES string of the molecule is CC(C)(C)c1ccc(CNC(=S)NCc2ccc(F)c(N)c2)cc1. The summed E-state index contributed by atoms with van der Waals surface area (Å²) in [5.41, 5.74) is 9.20. The van der Waals surface area contributed by atoms with E-state index in [2.05, 4.69) is 55.7 Å². The van der Waals surface area contributed by atoms with Gasteiger partial charge in [-0.25, -0.2) is 4.39 Å². The van der Waals surface area contributed by atoms with E-state index in [1.165, 1.54) is 11.6 Å². The van der Waals surface area contributed by atoms with Crippen molar-refractivity contribution in [3.63, 3.8) is 0 Å². The summed E-state index contributed by atoms with van der Waals surface area (Å²) in [6, 6.07) is 13.2. The third-order valence-electron chi connectivity index (χ3n) is 3.79. The second-order valence-corrected chi connectivity index (χ2v) is 7.25. The lowest BCUT2D eigenvalue weighted by Crippen LogP contribution is -2.34. The maximum Gasteiger partial charge on any atom is 0.166 e. The lowest BCUT2D eigenvalue weighted by molar-refractivity contribution is 0.590. The molecule has 0 aliphatic rings. The number of halogens is 1. The summed E-state index contributed by atoms with van der Waals surface area (Å²) in [5, 5.41) is 6.82. The van der Waals surface area contributed by atoms with Gasteiger partial charge in [0, 0.05) is 13.1 Å². The van der Waals surface area contributed by atoms with Crippen molar-refractivity contribution in [1.29, 1.82) is 0 Å². The maximum absolute atomic E-state index is 13.1. The quantitative estimate of drug-likeness (QED) is 0.582. The number of thiocarbonyl (C=S) groups is 1. The van der Waals surface area contributed by atoms with E-state index in [0.717, 1.165) is 11.1 Å². The first kappa shape index (κ1) is 18.2. The van der Waals surface area contributed by atoms with Crippen LogP contribution < -0.4 is 16.4 Å². The normalized spacial score (nSPS) is 11.2. The number of nitrogens with two attached hydrogens (primary N) is 1. The minimum absolute atomic E-state index is 0.145. The first-order valence-electron chi connectivity index (χ1n) is 7.91. The van der Waals surface area contributed by atoms with Crippen molar-refractivity contribution in [2.24, 2.45) is 0 Å². The van der Waals surface area contributed by atoms with E-state index >= 15 is 0 Å². The molecule has 0 fully saturated rings. The molecule has 0 aromatic heterocycles. The summed E-state index contributed by atoms with van der Waals surface area (Å²) in [6.07, 6.45) is 0. The highest BCUT2D eigenvalue weighted by Crippen LogP contribution is 2.22. The Labute approximate surface area is 148 Å². The summed E-state index contributed by atoms with van der Waals surface area (Å²) in [6.45, 7) is 7.74. The Morgan fingerprint density at radius 2 is 1.54 bits per heavy atom. The lowest BCUT2D eigenvalue weighted by atomic mass is 9.87. The molecule has 4 N–H and O–H groups in total. The van der Waals surface area contributed by atoms with Crippen LogP contribution in [0.25, 0.3) is 0 Å². The third kappa shape index (κ3) is 5.20. The Bertz CT molecular complexity index is 706. The van der Waals surface area contributed by atoms with E-state index in [0.29, 0.717) is 18.2 Å². The molecule has 128 valence electrons. The van der Waals surface area contributed by atoms with Crippen LogP contribution in [-0.2, 0) is 18.5 Å². The van der Waals surface area contributed by atoms with Crippen molar-refractivity contribution in [2.45, 2.75) is 39.3 Å². The van der Waals surface area contributed by atoms with Gasteiger partial charge in [-0.2, -0.15) is 0 Å². The minimum Gasteiger partial charge on any atom is -0.396 e. The van der Waals surface area contributed by atoms with Gasteiger partial charge in [0.25, 0.3) is 0 Å². The Morgan fingerprint density at radius 3 is 2.08 bits per heavy atom. The number of anilines is 1. The molecule has 0 saturated carbocycles. The molecule has 0 atom stereocenters. The van der Waals surface area contributed by atoms with Crippen molar-refractivity contribution in [1.82, 2.24) is 10.6 Å². The average molecular weight is 345 g/mol. The molecule has 5 heteroatoms. The average Bonchev–Trinajstić information content (AvgIpc) is 2.53. The molecule has 0 unspecified atom stereocenters. The topological polar surface area (TPSA) is 50.1 Å². The van der Waals surface area contributed by atoms with E-state index in [4.69, 9.17) is 18.0 Å². The van der Waals surface area contributed by atoms with Crippen molar-refractivity contribution in [3.05, 3.63) is 65.0 Å². The third-order valence-corrected chi connectivity index (χ3v) is 4.08. The summed E-state index contributed by atoms with van der Waals surface area (Å²) in [4.78, 5) is 0. The van der Waals surface area contributed by atoms with Gasteiger partial charge in [0.1, 0.15) is 5.82 Å². The van der Waals surface area contributed by atoms with Crippen LogP contribution in [0.15, 0.2) is 42.5 Å². The van der Waals surface area contributed by atoms with Gasteiger partial charge in [-0.15, -0.1) is 0 Å². The predicted molar refractivity (Wildman–Crippen MR) is 102 cm³/mol. The summed E-state index contributed by atoms with van der Waals surface area (Å²) in [7, 11) is 0. The van der Waals surface area contributed by atoms with Gasteiger partial charge in [-0.05, 0) is 46.5 Å². The predicted octanol–water partition coefficient (Wildman–Crippen LogP) is 3.87. The standard InChI is InChI=1S/C19H24FN3S/c1-19(2,3)15-7-4-13(5-8-15)11-22-18(24)23-12-14-6-9-16(20)17(21)10-14/h4-10H,11-12,21H2,1-3H3,(H2,22,23,24). The molecular formula is C19H24FN3S. The van der Waals surface area contributed by atoms with Gasteiger partial charge in [0.05, 0.1) is 5.69 Å². The van der Waals surface area contributed by atoms with Crippen molar-refractivity contribution in [2.75, 3.05) is 5.73 Å². The van der Waals surface area contributed by atoms with Crippen molar-refractivity contribution < 1.29 is 4.39 Å². The highest BCUT2D eigenvalue weighted by Gasteiger charge is 2.12. The van der Waals surface area contributed by atoms with Gasteiger partial charge >= 0.3 is 0 Å². The van der Waals surface area contributed by atoms with Gasteiger partial charge in [0.15, 0.2) is 5.11 Å². The fourth-order valence-corrected chi connectivity index (χ4v) is 2.40. The molecule has 0 aliphatic heterocycles. The number of rotatable bonds is 4. The smallest absolute Gasteiger partial charge is 0.166 e. The van der Waals surface area contributed by atoms with Gasteiger partial charge in [0.2, 0.25) is 0 Å². The molecule has 0 aliphatic carbocycles. The Kier molecular flexibility index (Phi) is 5.78. The highest BCUT2D eigenvalue weighted by molar-refractivity contribution is 7.80. The number of nitrogens with one attached hydrogen (secondary N) is 2. The van der Waals surface area contributed by atoms with Crippen LogP contribution in [0.3, 0.4) is 0 Å². The Balaban J connectivity index is 1.81. The number of benzene rings is 2. The summed E-state index contributed by atoms with van der Waals surface area (Å²) < 4.78 is 13.1. The Hall–Kier alpha value is -2.14. The number of hydrogen-bond acceptors (Lipinski definition) is 2. The van der Waals surface area contributed by atoms with Crippen LogP contribution in [0.1, 0.15) is 37.5 Å². The molecule has 0 bridgehead atoms. The van der Waals surface area contributed by atoms with E-state index < -0.39 is 5.82 Å². The van der Waals surface area contributed by atoms with Crippen LogP contribution in [0, 0.1) is 5.82 Å². The zero-order valence-electron chi connectivity index (χ0n) is 14.3.